The summed E-state index contributed by atoms with van der Waals surface area (Å²) in [4.78, 5) is 26.5. The fraction of sp³-hybridized carbons (Fsp3) is 0.278. The van der Waals surface area contributed by atoms with Crippen molar-refractivity contribution < 1.29 is 4.79 Å². The number of nitrogens with one attached hydrogen (secondary N) is 1. The van der Waals surface area contributed by atoms with Crippen LogP contribution in [0.25, 0.3) is 10.9 Å². The van der Waals surface area contributed by atoms with Crippen LogP contribution in [0.2, 0.25) is 0 Å². The molecule has 5 nitrogen and oxygen atoms in total. The molecule has 2 heterocycles. The molecule has 3 aromatic rings. The van der Waals surface area contributed by atoms with Gasteiger partial charge in [-0.3, -0.25) is 9.78 Å². The Balaban J connectivity index is 1.92. The van der Waals surface area contributed by atoms with Gasteiger partial charge in [-0.2, -0.15) is 0 Å². The number of pyridine rings is 1. The van der Waals surface area contributed by atoms with Crippen LogP contribution in [0.4, 0.5) is 0 Å². The van der Waals surface area contributed by atoms with Crippen LogP contribution in [-0.4, -0.2) is 32.3 Å². The molecule has 0 unspecified atom stereocenters. The molecule has 1 N–H and O–H groups in total. The van der Waals surface area contributed by atoms with E-state index in [0.717, 1.165) is 29.6 Å². The Hall–Kier alpha value is -2.69. The Labute approximate surface area is 135 Å². The van der Waals surface area contributed by atoms with Gasteiger partial charge in [0.15, 0.2) is 0 Å². The number of imidazole rings is 1. The van der Waals surface area contributed by atoms with Gasteiger partial charge in [-0.25, -0.2) is 4.98 Å². The predicted molar refractivity (Wildman–Crippen MR) is 90.0 cm³/mol. The maximum Gasteiger partial charge on any atom is 0.255 e. The molecule has 0 fully saturated rings. The van der Waals surface area contributed by atoms with Crippen molar-refractivity contribution in [1.29, 1.82) is 0 Å². The quantitative estimate of drug-likeness (QED) is 0.759. The number of hydrogen-bond donors (Lipinski definition) is 1. The number of para-hydroxylation sites is 1. The zero-order valence-electron chi connectivity index (χ0n) is 13.2. The number of nitrogens with zero attached hydrogens (tertiary/aromatic N) is 3. The summed E-state index contributed by atoms with van der Waals surface area (Å²) < 4.78 is 0. The predicted octanol–water partition coefficient (Wildman–Crippen LogP) is 3.40. The van der Waals surface area contributed by atoms with Gasteiger partial charge in [0.2, 0.25) is 0 Å². The van der Waals surface area contributed by atoms with Crippen molar-refractivity contribution in [3.63, 3.8) is 0 Å². The number of fused-ring (bicyclic) bond motifs is 1. The first-order valence-electron chi connectivity index (χ1n) is 7.91. The average Bonchev–Trinajstić information content (AvgIpc) is 3.10. The second-order valence-corrected chi connectivity index (χ2v) is 5.49. The number of carbonyl (C=O) groups excluding carboxylic acids is 1. The molecular formula is C18H20N4O. The SMILES string of the molecule is CCCCN(Cc1ncc[nH]1)C(=O)c1ccnc2ccccc12. The normalized spacial score (nSPS) is 10.8. The van der Waals surface area contributed by atoms with E-state index in [4.69, 9.17) is 0 Å². The Morgan fingerprint density at radius 2 is 2.04 bits per heavy atom. The van der Waals surface area contributed by atoms with E-state index in [9.17, 15) is 4.79 Å². The Morgan fingerprint density at radius 1 is 1.17 bits per heavy atom. The number of H-pyrrole nitrogens is 1. The van der Waals surface area contributed by atoms with Gasteiger partial charge in [0.1, 0.15) is 5.82 Å². The molecule has 118 valence electrons. The van der Waals surface area contributed by atoms with E-state index in [-0.39, 0.29) is 5.91 Å². The summed E-state index contributed by atoms with van der Waals surface area (Å²) in [5, 5.41) is 0.890. The minimum absolute atomic E-state index is 0.0217. The highest BCUT2D eigenvalue weighted by atomic mass is 16.2. The summed E-state index contributed by atoms with van der Waals surface area (Å²) in [7, 11) is 0. The van der Waals surface area contributed by atoms with Crippen LogP contribution in [0.3, 0.4) is 0 Å². The van der Waals surface area contributed by atoms with Crippen LogP contribution >= 0.6 is 0 Å². The molecule has 2 aromatic heterocycles. The number of amides is 1. The fourth-order valence-corrected chi connectivity index (χ4v) is 2.62. The topological polar surface area (TPSA) is 61.9 Å². The van der Waals surface area contributed by atoms with E-state index < -0.39 is 0 Å². The van der Waals surface area contributed by atoms with Crippen molar-refractivity contribution in [2.24, 2.45) is 0 Å². The smallest absolute Gasteiger partial charge is 0.255 e. The van der Waals surface area contributed by atoms with Crippen molar-refractivity contribution in [3.05, 3.63) is 60.3 Å². The molecule has 0 aliphatic rings. The first kappa shape index (κ1) is 15.2. The number of unbranched alkanes of at least 4 members (excludes halogenated alkanes) is 1. The average molecular weight is 308 g/mol. The van der Waals surface area contributed by atoms with Gasteiger partial charge >= 0.3 is 0 Å². The van der Waals surface area contributed by atoms with Crippen LogP contribution in [-0.2, 0) is 6.54 Å². The third-order valence-corrected chi connectivity index (χ3v) is 3.84. The third-order valence-electron chi connectivity index (χ3n) is 3.84. The van der Waals surface area contributed by atoms with Crippen molar-refractivity contribution >= 4 is 16.8 Å². The number of rotatable bonds is 6. The molecule has 0 spiro atoms. The molecule has 1 aromatic carbocycles. The number of aromatic nitrogens is 3. The van der Waals surface area contributed by atoms with Gasteiger partial charge in [-0.1, -0.05) is 31.5 Å². The second kappa shape index (κ2) is 7.05. The highest BCUT2D eigenvalue weighted by Crippen LogP contribution is 2.19. The molecule has 0 aliphatic carbocycles. The van der Waals surface area contributed by atoms with Crippen molar-refractivity contribution in [2.75, 3.05) is 6.54 Å². The zero-order valence-corrected chi connectivity index (χ0v) is 13.2. The van der Waals surface area contributed by atoms with Crippen LogP contribution < -0.4 is 0 Å². The molecule has 1 amide bonds. The van der Waals surface area contributed by atoms with Gasteiger partial charge in [-0.15, -0.1) is 0 Å². The first-order chi connectivity index (χ1) is 11.3. The highest BCUT2D eigenvalue weighted by Gasteiger charge is 2.19. The summed E-state index contributed by atoms with van der Waals surface area (Å²) >= 11 is 0. The second-order valence-electron chi connectivity index (χ2n) is 5.49. The summed E-state index contributed by atoms with van der Waals surface area (Å²) in [6.07, 6.45) is 7.19. The number of aromatic amines is 1. The Bertz CT molecular complexity index is 777. The van der Waals surface area contributed by atoms with E-state index >= 15 is 0 Å². The molecule has 0 saturated heterocycles. The van der Waals surface area contributed by atoms with Crippen LogP contribution in [0, 0.1) is 0 Å². The van der Waals surface area contributed by atoms with Crippen molar-refractivity contribution in [2.45, 2.75) is 26.3 Å². The van der Waals surface area contributed by atoms with Gasteiger partial charge < -0.3 is 9.88 Å². The maximum absolute atomic E-state index is 13.0. The molecule has 0 radical (unpaired) electrons. The van der Waals surface area contributed by atoms with Gasteiger partial charge in [-0.05, 0) is 18.6 Å². The molecule has 0 aliphatic heterocycles. The minimum Gasteiger partial charge on any atom is -0.347 e. The number of benzene rings is 1. The molecule has 0 bridgehead atoms. The Kier molecular flexibility index (Phi) is 4.66. The first-order valence-corrected chi connectivity index (χ1v) is 7.91. The Morgan fingerprint density at radius 3 is 2.83 bits per heavy atom. The van der Waals surface area contributed by atoms with Gasteiger partial charge in [0.25, 0.3) is 5.91 Å². The molecule has 23 heavy (non-hydrogen) atoms. The number of carbonyl (C=O) groups is 1. The summed E-state index contributed by atoms with van der Waals surface area (Å²) in [5.41, 5.74) is 1.53. The lowest BCUT2D eigenvalue weighted by Gasteiger charge is -2.22. The summed E-state index contributed by atoms with van der Waals surface area (Å²) in [6.45, 7) is 3.33. The fourth-order valence-electron chi connectivity index (χ4n) is 2.62. The lowest BCUT2D eigenvalue weighted by molar-refractivity contribution is 0.0739. The largest absolute Gasteiger partial charge is 0.347 e. The highest BCUT2D eigenvalue weighted by molar-refractivity contribution is 6.05. The molecular weight excluding hydrogens is 288 g/mol. The van der Waals surface area contributed by atoms with Crippen LogP contribution in [0.15, 0.2) is 48.9 Å². The number of hydrogen-bond acceptors (Lipinski definition) is 3. The van der Waals surface area contributed by atoms with E-state index in [1.165, 1.54) is 0 Å². The molecule has 5 heteroatoms. The standard InChI is InChI=1S/C18H20N4O/c1-2-3-12-22(13-17-20-10-11-21-17)18(23)15-8-9-19-16-7-5-4-6-14(15)16/h4-11H,2-3,12-13H2,1H3,(H,20,21). The van der Waals surface area contributed by atoms with Crippen molar-refractivity contribution in [3.8, 4) is 0 Å². The lowest BCUT2D eigenvalue weighted by Crippen LogP contribution is -2.32. The lowest BCUT2D eigenvalue weighted by atomic mass is 10.1. The molecule has 0 atom stereocenters. The van der Waals surface area contributed by atoms with Gasteiger partial charge in [0.05, 0.1) is 17.6 Å². The van der Waals surface area contributed by atoms with Crippen LogP contribution in [0.1, 0.15) is 35.9 Å². The van der Waals surface area contributed by atoms with E-state index in [1.807, 2.05) is 29.2 Å². The maximum atomic E-state index is 13.0. The summed E-state index contributed by atoms with van der Waals surface area (Å²) in [5.74, 6) is 0.821. The third kappa shape index (κ3) is 3.39. The minimum atomic E-state index is 0.0217. The van der Waals surface area contributed by atoms with E-state index in [1.54, 1.807) is 24.7 Å². The van der Waals surface area contributed by atoms with Gasteiger partial charge in [0, 0.05) is 30.5 Å². The molecule has 0 saturated carbocycles. The van der Waals surface area contributed by atoms with Crippen LogP contribution in [0.5, 0.6) is 0 Å². The van der Waals surface area contributed by atoms with Crippen molar-refractivity contribution in [1.82, 2.24) is 19.9 Å². The summed E-state index contributed by atoms with van der Waals surface area (Å²) in [6, 6.07) is 9.53. The molecule has 3 rings (SSSR count). The zero-order chi connectivity index (χ0) is 16.1. The van der Waals surface area contributed by atoms with E-state index in [0.29, 0.717) is 18.7 Å². The monoisotopic (exact) mass is 308 g/mol. The van der Waals surface area contributed by atoms with E-state index in [2.05, 4.69) is 21.9 Å².